The van der Waals surface area contributed by atoms with Crippen LogP contribution in [0.2, 0.25) is 0 Å². The van der Waals surface area contributed by atoms with Crippen LogP contribution in [0.3, 0.4) is 0 Å². The average molecular weight is 670 g/mol. The number of likely N-dealkylation sites (N-methyl/N-ethyl adjacent to an activating group) is 1. The Bertz CT molecular complexity index is 1630. The Hall–Kier alpha value is -4.46. The molecule has 0 radical (unpaired) electrons. The van der Waals surface area contributed by atoms with Crippen LogP contribution in [-0.4, -0.2) is 88.9 Å². The maximum Gasteiger partial charge on any atom is 0.349 e. The maximum atomic E-state index is 15.5. The Labute approximate surface area is 277 Å². The second-order valence-corrected chi connectivity index (χ2v) is 12.7. The van der Waals surface area contributed by atoms with E-state index in [9.17, 15) is 19.2 Å². The van der Waals surface area contributed by atoms with Crippen molar-refractivity contribution in [3.63, 3.8) is 0 Å². The van der Waals surface area contributed by atoms with Crippen LogP contribution in [0.1, 0.15) is 56.6 Å². The lowest BCUT2D eigenvalue weighted by Crippen LogP contribution is -2.54. The zero-order valence-electron chi connectivity index (χ0n) is 27.2. The van der Waals surface area contributed by atoms with Crippen LogP contribution in [0.4, 0.5) is 18.9 Å². The molecule has 2 aliphatic rings. The maximum absolute atomic E-state index is 15.5. The minimum atomic E-state index is -3.95. The van der Waals surface area contributed by atoms with Gasteiger partial charge in [-0.05, 0) is 55.6 Å². The molecule has 48 heavy (non-hydrogen) atoms. The number of rotatable bonds is 11. The molecule has 258 valence electrons. The Morgan fingerprint density at radius 1 is 1.00 bits per heavy atom. The number of piperazine rings is 1. The summed E-state index contributed by atoms with van der Waals surface area (Å²) in [6, 6.07) is 5.51. The predicted octanol–water partition coefficient (Wildman–Crippen LogP) is 3.71. The van der Waals surface area contributed by atoms with Gasteiger partial charge in [0.05, 0.1) is 17.4 Å². The first-order chi connectivity index (χ1) is 23.0. The van der Waals surface area contributed by atoms with Crippen molar-refractivity contribution >= 4 is 40.2 Å². The van der Waals surface area contributed by atoms with Crippen LogP contribution in [0.15, 0.2) is 42.6 Å². The van der Waals surface area contributed by atoms with E-state index < -0.39 is 47.1 Å². The lowest BCUT2D eigenvalue weighted by atomic mass is 9.83. The number of H-pyrrole nitrogens is 1. The van der Waals surface area contributed by atoms with Gasteiger partial charge >= 0.3 is 5.92 Å². The van der Waals surface area contributed by atoms with E-state index in [-0.39, 0.29) is 30.3 Å². The number of nitrogens with zero attached hydrogens (tertiary/aromatic N) is 3. The Balaban J connectivity index is 1.30. The Kier molecular flexibility index (Phi) is 11.0. The molecule has 2 heterocycles. The highest BCUT2D eigenvalue weighted by molar-refractivity contribution is 5.99. The van der Waals surface area contributed by atoms with E-state index in [0.29, 0.717) is 55.5 Å². The molecule has 2 atom stereocenters. The number of alkyl halides is 2. The van der Waals surface area contributed by atoms with Crippen LogP contribution in [0.5, 0.6) is 0 Å². The molecule has 5 rings (SSSR count). The largest absolute Gasteiger partial charge is 0.349 e. The second-order valence-electron chi connectivity index (χ2n) is 12.7. The van der Waals surface area contributed by atoms with Gasteiger partial charge in [-0.3, -0.25) is 24.3 Å². The number of amides is 4. The van der Waals surface area contributed by atoms with E-state index >= 15 is 13.2 Å². The number of aromatic nitrogens is 2. The number of anilines is 1. The predicted molar refractivity (Wildman–Crippen MR) is 174 cm³/mol. The number of carbonyl (C=O) groups excluding carboxylic acids is 4. The fourth-order valence-corrected chi connectivity index (χ4v) is 6.34. The first kappa shape index (κ1) is 34.9. The Morgan fingerprint density at radius 2 is 1.73 bits per heavy atom. The fraction of sp³-hybridized carbons (Fsp3) is 0.500. The third kappa shape index (κ3) is 8.15. The third-order valence-corrected chi connectivity index (χ3v) is 9.28. The van der Waals surface area contributed by atoms with Crippen LogP contribution >= 0.6 is 0 Å². The van der Waals surface area contributed by atoms with Crippen molar-refractivity contribution in [2.24, 2.45) is 5.92 Å². The molecule has 4 N–H and O–H groups in total. The minimum Gasteiger partial charge on any atom is -0.344 e. The molecule has 14 heteroatoms. The first-order valence-corrected chi connectivity index (χ1v) is 16.4. The van der Waals surface area contributed by atoms with Crippen molar-refractivity contribution in [3.8, 4) is 0 Å². The molecule has 11 nitrogen and oxygen atoms in total. The van der Waals surface area contributed by atoms with Crippen molar-refractivity contribution in [2.45, 2.75) is 69.9 Å². The molecule has 2 fully saturated rings. The summed E-state index contributed by atoms with van der Waals surface area (Å²) in [5.41, 5.74) is 0.208. The molecule has 0 bridgehead atoms. The number of carbonyl (C=O) groups is 4. The van der Waals surface area contributed by atoms with Gasteiger partial charge in [0, 0.05) is 50.0 Å². The lowest BCUT2D eigenvalue weighted by Gasteiger charge is -2.34. The van der Waals surface area contributed by atoms with Gasteiger partial charge in [-0.1, -0.05) is 38.3 Å². The van der Waals surface area contributed by atoms with Gasteiger partial charge in [-0.2, -0.15) is 13.9 Å². The van der Waals surface area contributed by atoms with Gasteiger partial charge in [-0.25, -0.2) is 4.39 Å². The molecule has 1 saturated heterocycles. The molecule has 1 aliphatic carbocycles. The highest BCUT2D eigenvalue weighted by Crippen LogP contribution is 2.33. The van der Waals surface area contributed by atoms with Crippen LogP contribution in [-0.2, 0) is 31.5 Å². The highest BCUT2D eigenvalue weighted by atomic mass is 19.3. The van der Waals surface area contributed by atoms with Crippen molar-refractivity contribution in [1.82, 2.24) is 30.6 Å². The van der Waals surface area contributed by atoms with Gasteiger partial charge in [-0.15, -0.1) is 0 Å². The highest BCUT2D eigenvalue weighted by Gasteiger charge is 2.44. The van der Waals surface area contributed by atoms with Gasteiger partial charge < -0.3 is 25.8 Å². The van der Waals surface area contributed by atoms with E-state index in [0.717, 1.165) is 25.3 Å². The summed E-state index contributed by atoms with van der Waals surface area (Å²) in [5.74, 6) is -8.16. The van der Waals surface area contributed by atoms with Crippen molar-refractivity contribution < 1.29 is 32.3 Å². The summed E-state index contributed by atoms with van der Waals surface area (Å²) in [5, 5.41) is 14.4. The SMILES string of the molecule is CCC(=O)N[C@H](Cc1ccc(NC(=O)[C@@H](NC(=O)C(F)(F)c2ccc3[nH]ncc3c2)C2CCCCC2)c(F)c1)C(=O)N1CCN(C)CC1. The molecular weight excluding hydrogens is 627 g/mol. The molecule has 1 aliphatic heterocycles. The topological polar surface area (TPSA) is 140 Å². The Morgan fingerprint density at radius 3 is 2.42 bits per heavy atom. The standard InChI is InChI=1S/C34H42F3N7O4/c1-3-29(45)39-28(32(47)44-15-13-43(2)14-16-44)18-21-9-11-27(25(35)17-21)40-31(46)30(22-7-5-4-6-8-22)41-33(48)34(36,37)24-10-12-26-23(19-24)20-38-42-26/h9-12,17,19-20,22,28,30H,3-8,13-16,18H2,1-2H3,(H,38,42)(H,39,45)(H,40,46)(H,41,48)/t28-,30+/m1/s1. The number of benzene rings is 2. The normalized spacial score (nSPS) is 17.5. The fourth-order valence-electron chi connectivity index (χ4n) is 6.34. The number of halogens is 3. The zero-order chi connectivity index (χ0) is 34.4. The quantitative estimate of drug-likeness (QED) is 0.246. The van der Waals surface area contributed by atoms with Crippen molar-refractivity contribution in [1.29, 1.82) is 0 Å². The lowest BCUT2D eigenvalue weighted by molar-refractivity contribution is -0.149. The van der Waals surface area contributed by atoms with E-state index in [4.69, 9.17) is 0 Å². The number of nitrogens with one attached hydrogen (secondary N) is 4. The van der Waals surface area contributed by atoms with Crippen molar-refractivity contribution in [3.05, 3.63) is 59.5 Å². The molecule has 2 aromatic carbocycles. The summed E-state index contributed by atoms with van der Waals surface area (Å²) >= 11 is 0. The summed E-state index contributed by atoms with van der Waals surface area (Å²) in [7, 11) is 1.96. The summed E-state index contributed by atoms with van der Waals surface area (Å²) in [6.45, 7) is 4.09. The third-order valence-electron chi connectivity index (χ3n) is 9.28. The van der Waals surface area contributed by atoms with E-state index in [2.05, 4.69) is 31.0 Å². The van der Waals surface area contributed by atoms with Gasteiger partial charge in [0.25, 0.3) is 5.91 Å². The number of fused-ring (bicyclic) bond motifs is 1. The minimum absolute atomic E-state index is 0.0303. The van der Waals surface area contributed by atoms with Crippen LogP contribution in [0.25, 0.3) is 10.9 Å². The molecule has 0 unspecified atom stereocenters. The molecule has 1 aromatic heterocycles. The van der Waals surface area contributed by atoms with E-state index in [1.807, 2.05) is 7.05 Å². The smallest absolute Gasteiger partial charge is 0.344 e. The van der Waals surface area contributed by atoms with Gasteiger partial charge in [0.15, 0.2) is 0 Å². The molecule has 0 spiro atoms. The monoisotopic (exact) mass is 669 g/mol. The summed E-state index contributed by atoms with van der Waals surface area (Å²) in [4.78, 5) is 56.0. The zero-order valence-corrected chi connectivity index (χ0v) is 27.2. The molecule has 1 saturated carbocycles. The van der Waals surface area contributed by atoms with Crippen molar-refractivity contribution in [2.75, 3.05) is 38.5 Å². The van der Waals surface area contributed by atoms with Gasteiger partial charge in [0.1, 0.15) is 17.9 Å². The number of aromatic amines is 1. The van der Waals surface area contributed by atoms with Gasteiger partial charge in [0.2, 0.25) is 17.7 Å². The van der Waals surface area contributed by atoms with Crippen LogP contribution in [0, 0.1) is 11.7 Å². The van der Waals surface area contributed by atoms with Crippen LogP contribution < -0.4 is 16.0 Å². The summed E-state index contributed by atoms with van der Waals surface area (Å²) in [6.07, 6.45) is 5.12. The van der Waals surface area contributed by atoms with E-state index in [1.54, 1.807) is 11.8 Å². The average Bonchev–Trinajstić information content (AvgIpc) is 3.56. The van der Waals surface area contributed by atoms with E-state index in [1.165, 1.54) is 36.5 Å². The molecule has 4 amide bonds. The molecule has 3 aromatic rings. The number of hydrogen-bond acceptors (Lipinski definition) is 6. The second kappa shape index (κ2) is 15.2. The number of hydrogen-bond donors (Lipinski definition) is 4. The first-order valence-electron chi connectivity index (χ1n) is 16.4. The molecular formula is C34H42F3N7O4. The summed E-state index contributed by atoms with van der Waals surface area (Å²) < 4.78 is 46.3.